The van der Waals surface area contributed by atoms with Crippen LogP contribution in [0.25, 0.3) is 0 Å². The first-order valence-electron chi connectivity index (χ1n) is 10.2. The number of pyridine rings is 2. The van der Waals surface area contributed by atoms with Crippen LogP contribution in [0.15, 0.2) is 53.8 Å². The quantitative estimate of drug-likeness (QED) is 0.777. The summed E-state index contributed by atoms with van der Waals surface area (Å²) in [5, 5.41) is 2.97. The average Bonchev–Trinajstić information content (AvgIpc) is 2.79. The lowest BCUT2D eigenvalue weighted by atomic mass is 9.80. The number of piperidine rings is 1. The Bertz CT molecular complexity index is 961. The van der Waals surface area contributed by atoms with Crippen molar-refractivity contribution in [3.05, 3.63) is 54.6 Å². The molecule has 9 heteroatoms. The fourth-order valence-electron chi connectivity index (χ4n) is 4.26. The van der Waals surface area contributed by atoms with Crippen molar-refractivity contribution in [2.45, 2.75) is 36.2 Å². The number of nitrogens with zero attached hydrogens (tertiary/aromatic N) is 3. The van der Waals surface area contributed by atoms with E-state index in [4.69, 9.17) is 4.74 Å². The lowest BCUT2D eigenvalue weighted by Gasteiger charge is -2.45. The highest BCUT2D eigenvalue weighted by Crippen LogP contribution is 2.38. The summed E-state index contributed by atoms with van der Waals surface area (Å²) in [5.74, 6) is 0.126. The number of aromatic nitrogens is 2. The molecule has 1 N–H and O–H groups in total. The van der Waals surface area contributed by atoms with Gasteiger partial charge in [-0.1, -0.05) is 6.07 Å². The van der Waals surface area contributed by atoms with Gasteiger partial charge in [0, 0.05) is 44.8 Å². The first-order valence-corrected chi connectivity index (χ1v) is 11.7. The maximum absolute atomic E-state index is 12.8. The molecule has 2 aliphatic heterocycles. The Labute approximate surface area is 176 Å². The number of ether oxygens (including phenoxy) is 1. The molecule has 1 spiro atoms. The molecule has 2 aliphatic rings. The molecule has 2 fully saturated rings. The highest BCUT2D eigenvalue weighted by molar-refractivity contribution is 7.89. The smallest absolute Gasteiger partial charge is 0.269 e. The predicted molar refractivity (Wildman–Crippen MR) is 110 cm³/mol. The van der Waals surface area contributed by atoms with Crippen LogP contribution in [-0.4, -0.2) is 60.4 Å². The lowest BCUT2D eigenvalue weighted by molar-refractivity contribution is -0.119. The van der Waals surface area contributed by atoms with Gasteiger partial charge >= 0.3 is 0 Å². The van der Waals surface area contributed by atoms with Gasteiger partial charge in [0.15, 0.2) is 0 Å². The number of nitrogens with one attached hydrogen (secondary N) is 1. The Morgan fingerprint density at radius 2 is 2.03 bits per heavy atom. The van der Waals surface area contributed by atoms with E-state index in [-0.39, 0.29) is 16.4 Å². The summed E-state index contributed by atoms with van der Waals surface area (Å²) >= 11 is 0. The van der Waals surface area contributed by atoms with E-state index in [2.05, 4.69) is 15.3 Å². The van der Waals surface area contributed by atoms with E-state index >= 15 is 0 Å². The second kappa shape index (κ2) is 8.79. The summed E-state index contributed by atoms with van der Waals surface area (Å²) in [4.78, 5) is 20.5. The van der Waals surface area contributed by atoms with Gasteiger partial charge in [0.2, 0.25) is 10.0 Å². The fraction of sp³-hybridized carbons (Fsp3) is 0.476. The summed E-state index contributed by atoms with van der Waals surface area (Å²) in [6.45, 7) is 2.03. The molecule has 4 heterocycles. The number of sulfonamides is 1. The Balaban J connectivity index is 1.33. The van der Waals surface area contributed by atoms with Crippen LogP contribution in [-0.2, 0) is 14.8 Å². The minimum atomic E-state index is -3.53. The van der Waals surface area contributed by atoms with E-state index in [1.54, 1.807) is 42.7 Å². The highest BCUT2D eigenvalue weighted by atomic mass is 32.2. The monoisotopic (exact) mass is 430 g/mol. The minimum Gasteiger partial charge on any atom is -0.375 e. The van der Waals surface area contributed by atoms with Gasteiger partial charge in [0.1, 0.15) is 10.6 Å². The molecule has 0 aromatic carbocycles. The van der Waals surface area contributed by atoms with E-state index in [1.807, 2.05) is 0 Å². The van der Waals surface area contributed by atoms with Crippen LogP contribution < -0.4 is 5.32 Å². The molecule has 2 aromatic rings. The van der Waals surface area contributed by atoms with E-state index in [0.29, 0.717) is 50.7 Å². The second-order valence-electron chi connectivity index (χ2n) is 7.91. The predicted octanol–water partition coefficient (Wildman–Crippen LogP) is 1.86. The summed E-state index contributed by atoms with van der Waals surface area (Å²) in [6, 6.07) is 8.47. The van der Waals surface area contributed by atoms with Crippen LogP contribution in [0.2, 0.25) is 0 Å². The molecule has 1 unspecified atom stereocenters. The first-order chi connectivity index (χ1) is 14.5. The second-order valence-corrected chi connectivity index (χ2v) is 9.85. The maximum atomic E-state index is 12.8. The van der Waals surface area contributed by atoms with Gasteiger partial charge in [-0.25, -0.2) is 8.42 Å². The normalized spacial score (nSPS) is 21.9. The number of amides is 1. The van der Waals surface area contributed by atoms with Crippen LogP contribution in [0.5, 0.6) is 0 Å². The zero-order valence-electron chi connectivity index (χ0n) is 16.7. The van der Waals surface area contributed by atoms with Gasteiger partial charge in [-0.05, 0) is 55.9 Å². The van der Waals surface area contributed by atoms with E-state index in [0.717, 1.165) is 12.8 Å². The Morgan fingerprint density at radius 1 is 1.20 bits per heavy atom. The van der Waals surface area contributed by atoms with Crippen molar-refractivity contribution in [3.63, 3.8) is 0 Å². The third-order valence-corrected chi connectivity index (χ3v) is 7.83. The number of rotatable bonds is 5. The Kier molecular flexibility index (Phi) is 6.12. The molecular weight excluding hydrogens is 404 g/mol. The van der Waals surface area contributed by atoms with E-state index in [1.165, 1.54) is 10.5 Å². The molecule has 4 rings (SSSR count). The van der Waals surface area contributed by atoms with Crippen LogP contribution >= 0.6 is 0 Å². The van der Waals surface area contributed by atoms with Crippen molar-refractivity contribution in [2.75, 3.05) is 26.2 Å². The number of hydrogen-bond donors (Lipinski definition) is 1. The minimum absolute atomic E-state index is 0.173. The first kappa shape index (κ1) is 20.9. The lowest BCUT2D eigenvalue weighted by Crippen LogP contribution is -2.51. The van der Waals surface area contributed by atoms with Crippen molar-refractivity contribution in [3.8, 4) is 0 Å². The summed E-state index contributed by atoms with van der Waals surface area (Å²) in [7, 11) is -3.53. The van der Waals surface area contributed by atoms with E-state index in [9.17, 15) is 13.2 Å². The molecule has 8 nitrogen and oxygen atoms in total. The van der Waals surface area contributed by atoms with Gasteiger partial charge in [-0.2, -0.15) is 4.31 Å². The zero-order valence-corrected chi connectivity index (χ0v) is 17.6. The SMILES string of the molecule is O=C(NCC1CCOC2(CCN(S(=O)(=O)c3cccnc3)CC2)C1)c1ccccn1. The van der Waals surface area contributed by atoms with Crippen molar-refractivity contribution in [1.82, 2.24) is 19.6 Å². The molecule has 0 aliphatic carbocycles. The van der Waals surface area contributed by atoms with Crippen molar-refractivity contribution >= 4 is 15.9 Å². The third-order valence-electron chi connectivity index (χ3n) is 5.95. The van der Waals surface area contributed by atoms with Crippen molar-refractivity contribution < 1.29 is 17.9 Å². The van der Waals surface area contributed by atoms with Gasteiger partial charge in [-0.3, -0.25) is 14.8 Å². The van der Waals surface area contributed by atoms with Crippen molar-refractivity contribution in [1.29, 1.82) is 0 Å². The summed E-state index contributed by atoms with van der Waals surface area (Å²) in [6.07, 6.45) is 7.54. The highest BCUT2D eigenvalue weighted by Gasteiger charge is 2.42. The molecule has 30 heavy (non-hydrogen) atoms. The van der Waals surface area contributed by atoms with Gasteiger partial charge in [-0.15, -0.1) is 0 Å². The van der Waals surface area contributed by atoms with Gasteiger partial charge in [0.05, 0.1) is 5.60 Å². The van der Waals surface area contributed by atoms with Crippen molar-refractivity contribution in [2.24, 2.45) is 5.92 Å². The van der Waals surface area contributed by atoms with Crippen LogP contribution in [0.4, 0.5) is 0 Å². The van der Waals surface area contributed by atoms with Crippen LogP contribution in [0, 0.1) is 5.92 Å². The average molecular weight is 431 g/mol. The maximum Gasteiger partial charge on any atom is 0.269 e. The van der Waals surface area contributed by atoms with E-state index < -0.39 is 10.0 Å². The van der Waals surface area contributed by atoms with Crippen LogP contribution in [0.3, 0.4) is 0 Å². The molecular formula is C21H26N4O4S. The molecule has 2 saturated heterocycles. The van der Waals surface area contributed by atoms with Crippen LogP contribution in [0.1, 0.15) is 36.2 Å². The molecule has 1 atom stereocenters. The summed E-state index contributed by atoms with van der Waals surface area (Å²) in [5.41, 5.74) is 0.0905. The molecule has 0 saturated carbocycles. The van der Waals surface area contributed by atoms with Gasteiger partial charge in [0.25, 0.3) is 5.91 Å². The fourth-order valence-corrected chi connectivity index (χ4v) is 5.67. The zero-order chi connectivity index (χ0) is 21.0. The molecule has 160 valence electrons. The Morgan fingerprint density at radius 3 is 2.73 bits per heavy atom. The largest absolute Gasteiger partial charge is 0.375 e. The standard InChI is InChI=1S/C21H26N4O4S/c26-20(19-5-1-2-10-23-19)24-15-17-6-13-29-21(14-17)7-11-25(12-8-21)30(27,28)18-4-3-9-22-16-18/h1-5,9-10,16-17H,6-8,11-15H2,(H,24,26). The molecule has 2 aromatic heterocycles. The molecule has 0 bridgehead atoms. The Hall–Kier alpha value is -2.36. The number of hydrogen-bond acceptors (Lipinski definition) is 6. The van der Waals surface area contributed by atoms with Gasteiger partial charge < -0.3 is 10.1 Å². The number of carbonyl (C=O) groups is 1. The molecule has 1 amide bonds. The molecule has 0 radical (unpaired) electrons. The topological polar surface area (TPSA) is 101 Å². The summed E-state index contributed by atoms with van der Waals surface area (Å²) < 4.78 is 33.3. The third kappa shape index (κ3) is 4.53. The number of carbonyl (C=O) groups excluding carboxylic acids is 1.